The smallest absolute Gasteiger partial charge is 0.258 e. The van der Waals surface area contributed by atoms with Crippen LogP contribution in [-0.2, 0) is 28.5 Å². The molecule has 0 radical (unpaired) electrons. The lowest BCUT2D eigenvalue weighted by atomic mass is 9.73. The molecule has 0 aromatic rings. The number of alkyl halides is 2. The van der Waals surface area contributed by atoms with Gasteiger partial charge in [0.05, 0.1) is 30.3 Å². The maximum Gasteiger partial charge on any atom is 0.258 e. The summed E-state index contributed by atoms with van der Waals surface area (Å²) in [6.45, 7) is 10.5. The summed E-state index contributed by atoms with van der Waals surface area (Å²) in [4.78, 5) is 12.8. The van der Waals surface area contributed by atoms with Crippen LogP contribution < -0.4 is 5.32 Å². The second-order valence-electron chi connectivity index (χ2n) is 10.2. The van der Waals surface area contributed by atoms with Crippen LogP contribution in [0.1, 0.15) is 47.0 Å². The number of hydrogen-bond donors (Lipinski definition) is 3. The molecule has 0 aromatic heterocycles. The van der Waals surface area contributed by atoms with Crippen LogP contribution in [0.15, 0.2) is 12.2 Å². The van der Waals surface area contributed by atoms with Gasteiger partial charge < -0.3 is 39.2 Å². The van der Waals surface area contributed by atoms with Crippen LogP contribution in [0.3, 0.4) is 0 Å². The van der Waals surface area contributed by atoms with Gasteiger partial charge in [-0.2, -0.15) is 0 Å². The topological polar surface area (TPSA) is 116 Å². The number of carbonyl (C=O) groups excluding carboxylic acids is 1. The van der Waals surface area contributed by atoms with Gasteiger partial charge in [0.25, 0.3) is 11.8 Å². The second kappa shape index (κ2) is 11.5. The van der Waals surface area contributed by atoms with E-state index in [1.165, 1.54) is 35.2 Å². The fourth-order valence-electron chi connectivity index (χ4n) is 4.54. The molecule has 2 rings (SSSR count). The molecule has 0 saturated carbocycles. The molecule has 9 nitrogen and oxygen atoms in total. The second-order valence-corrected chi connectivity index (χ2v) is 10.2. The lowest BCUT2D eigenvalue weighted by molar-refractivity contribution is -0.287. The minimum Gasteiger partial charge on any atom is -0.382 e. The molecule has 2 aliphatic rings. The van der Waals surface area contributed by atoms with E-state index >= 15 is 8.78 Å². The first kappa shape index (κ1) is 30.0. The minimum absolute atomic E-state index is 0.0792. The van der Waals surface area contributed by atoms with E-state index in [4.69, 9.17) is 23.7 Å². The first-order valence-corrected chi connectivity index (χ1v) is 11.8. The van der Waals surface area contributed by atoms with E-state index in [-0.39, 0.29) is 25.4 Å². The number of carbonyl (C=O) groups is 1. The number of rotatable bonds is 10. The number of amides is 1. The molecular formula is C24H41F2NO8. The lowest BCUT2D eigenvalue weighted by Gasteiger charge is -2.49. The van der Waals surface area contributed by atoms with E-state index in [0.29, 0.717) is 5.57 Å². The Hall–Kier alpha value is -1.21. The molecule has 35 heavy (non-hydrogen) atoms. The van der Waals surface area contributed by atoms with Crippen LogP contribution in [0.5, 0.6) is 0 Å². The van der Waals surface area contributed by atoms with E-state index in [2.05, 4.69) is 11.9 Å². The van der Waals surface area contributed by atoms with Crippen LogP contribution in [0, 0.1) is 11.3 Å². The van der Waals surface area contributed by atoms with Crippen LogP contribution >= 0.6 is 0 Å². The third-order valence-corrected chi connectivity index (χ3v) is 7.48. The Morgan fingerprint density at radius 2 is 1.89 bits per heavy atom. The normalized spacial score (nSPS) is 35.2. The van der Waals surface area contributed by atoms with Gasteiger partial charge in [-0.3, -0.25) is 4.79 Å². The molecule has 8 atom stereocenters. The van der Waals surface area contributed by atoms with Gasteiger partial charge in [0.2, 0.25) is 5.79 Å². The number of aliphatic hydroxyl groups is 2. The summed E-state index contributed by atoms with van der Waals surface area (Å²) >= 11 is 0. The molecule has 0 spiro atoms. The standard InChI is InChI=1S/C24H41F2NO8/c1-13-10-23(30,35-15(3)14(13)2)19(28)20(29)27-21(33-8)17-11-24(25,26)22(4,5)18(34-17)9-16(32-7)12-31-6/h14-19,21,28,30H,1,9-12H2,2-8H3,(H,27,29)/t14-,15-,16+,17+,18-,19-,21+,23-/m1/s1. The van der Waals surface area contributed by atoms with Crippen molar-refractivity contribution in [3.63, 3.8) is 0 Å². The Morgan fingerprint density at radius 1 is 1.26 bits per heavy atom. The Bertz CT molecular complexity index is 751. The van der Waals surface area contributed by atoms with E-state index < -0.39 is 66.2 Å². The maximum absolute atomic E-state index is 15.3. The highest BCUT2D eigenvalue weighted by atomic mass is 19.3. The van der Waals surface area contributed by atoms with Gasteiger partial charge in [0.15, 0.2) is 12.3 Å². The third-order valence-electron chi connectivity index (χ3n) is 7.48. The predicted octanol–water partition coefficient (Wildman–Crippen LogP) is 2.00. The van der Waals surface area contributed by atoms with Gasteiger partial charge in [-0.25, -0.2) is 8.78 Å². The van der Waals surface area contributed by atoms with Gasteiger partial charge in [0, 0.05) is 46.5 Å². The molecule has 1 amide bonds. The van der Waals surface area contributed by atoms with Crippen LogP contribution in [0.25, 0.3) is 0 Å². The largest absolute Gasteiger partial charge is 0.382 e. The van der Waals surface area contributed by atoms with Crippen molar-refractivity contribution in [1.82, 2.24) is 5.32 Å². The average molecular weight is 510 g/mol. The fraction of sp³-hybridized carbons (Fsp3) is 0.875. The summed E-state index contributed by atoms with van der Waals surface area (Å²) < 4.78 is 57.8. The summed E-state index contributed by atoms with van der Waals surface area (Å²) in [5, 5.41) is 23.8. The molecular weight excluding hydrogens is 468 g/mol. The first-order valence-electron chi connectivity index (χ1n) is 11.8. The maximum atomic E-state index is 15.3. The van der Waals surface area contributed by atoms with Gasteiger partial charge in [-0.1, -0.05) is 32.9 Å². The highest BCUT2D eigenvalue weighted by molar-refractivity contribution is 5.82. The van der Waals surface area contributed by atoms with Gasteiger partial charge >= 0.3 is 0 Å². The molecule has 0 bridgehead atoms. The van der Waals surface area contributed by atoms with Crippen molar-refractivity contribution in [3.05, 3.63) is 12.2 Å². The highest BCUT2D eigenvalue weighted by Crippen LogP contribution is 2.50. The number of nitrogens with one attached hydrogen (secondary N) is 1. The van der Waals surface area contributed by atoms with E-state index in [1.54, 1.807) is 6.92 Å². The summed E-state index contributed by atoms with van der Waals surface area (Å²) in [5.41, 5.74) is -0.917. The van der Waals surface area contributed by atoms with Crippen molar-refractivity contribution < 1.29 is 47.5 Å². The van der Waals surface area contributed by atoms with Crippen molar-refractivity contribution in [3.8, 4) is 0 Å². The molecule has 2 saturated heterocycles. The molecule has 0 aliphatic carbocycles. The first-order chi connectivity index (χ1) is 16.1. The number of ether oxygens (including phenoxy) is 5. The van der Waals surface area contributed by atoms with Crippen molar-refractivity contribution in [2.45, 2.75) is 95.4 Å². The van der Waals surface area contributed by atoms with Crippen LogP contribution in [-0.4, -0.2) is 92.5 Å². The molecule has 0 aromatic carbocycles. The summed E-state index contributed by atoms with van der Waals surface area (Å²) in [5.74, 6) is -6.50. The summed E-state index contributed by atoms with van der Waals surface area (Å²) in [7, 11) is 4.18. The molecule has 2 aliphatic heterocycles. The average Bonchev–Trinajstić information content (AvgIpc) is 2.77. The van der Waals surface area contributed by atoms with Crippen molar-refractivity contribution in [2.24, 2.45) is 11.3 Å². The Kier molecular flexibility index (Phi) is 9.82. The lowest BCUT2D eigenvalue weighted by Crippen LogP contribution is -2.63. The minimum atomic E-state index is -3.17. The number of hydrogen-bond acceptors (Lipinski definition) is 8. The van der Waals surface area contributed by atoms with Gasteiger partial charge in [-0.15, -0.1) is 0 Å². The number of aliphatic hydroxyl groups excluding tert-OH is 1. The van der Waals surface area contributed by atoms with Crippen molar-refractivity contribution in [2.75, 3.05) is 27.9 Å². The third kappa shape index (κ3) is 6.38. The zero-order valence-electron chi connectivity index (χ0n) is 21.7. The zero-order valence-corrected chi connectivity index (χ0v) is 21.7. The SMILES string of the molecule is C=C1C[C@](O)([C@H](O)C(=O)N[C@@H](OC)[C@@H]2CC(F)(F)C(C)(C)[C@@H](C[C@@H](COC)OC)O2)O[C@H](C)[C@@H]1C. The fourth-order valence-corrected chi connectivity index (χ4v) is 4.54. The summed E-state index contributed by atoms with van der Waals surface area (Å²) in [6.07, 6.45) is -7.25. The molecule has 204 valence electrons. The predicted molar refractivity (Wildman–Crippen MR) is 123 cm³/mol. The molecule has 3 N–H and O–H groups in total. The Balaban J connectivity index is 2.18. The van der Waals surface area contributed by atoms with Crippen molar-refractivity contribution >= 4 is 5.91 Å². The van der Waals surface area contributed by atoms with Gasteiger partial charge in [-0.05, 0) is 6.92 Å². The molecule has 0 unspecified atom stereocenters. The number of methoxy groups -OCH3 is 3. The highest BCUT2D eigenvalue weighted by Gasteiger charge is 2.59. The van der Waals surface area contributed by atoms with Crippen molar-refractivity contribution in [1.29, 1.82) is 0 Å². The zero-order chi connectivity index (χ0) is 26.8. The monoisotopic (exact) mass is 509 g/mol. The van der Waals surface area contributed by atoms with E-state index in [1.807, 2.05) is 6.92 Å². The summed E-state index contributed by atoms with van der Waals surface area (Å²) in [6, 6.07) is 0. The quantitative estimate of drug-likeness (QED) is 0.303. The Labute approximate surface area is 206 Å². The molecule has 2 heterocycles. The van der Waals surface area contributed by atoms with Crippen LogP contribution in [0.2, 0.25) is 0 Å². The Morgan fingerprint density at radius 3 is 2.40 bits per heavy atom. The van der Waals surface area contributed by atoms with E-state index in [0.717, 1.165) is 0 Å². The molecule has 2 fully saturated rings. The van der Waals surface area contributed by atoms with E-state index in [9.17, 15) is 15.0 Å². The van der Waals surface area contributed by atoms with Gasteiger partial charge in [0.1, 0.15) is 6.10 Å². The number of halogens is 2. The van der Waals surface area contributed by atoms with Crippen LogP contribution in [0.4, 0.5) is 8.78 Å². The molecule has 11 heteroatoms.